The summed E-state index contributed by atoms with van der Waals surface area (Å²) in [6.45, 7) is 4.47. The molecular formula is C18H19N3O2. The number of carbonyl (C=O) groups excluding carboxylic acids is 1. The molecule has 0 aliphatic carbocycles. The number of fused-ring (bicyclic) bond motifs is 1. The number of hydrogen-bond acceptors (Lipinski definition) is 4. The molecule has 0 unspecified atom stereocenters. The van der Waals surface area contributed by atoms with Gasteiger partial charge in [0.1, 0.15) is 5.76 Å². The van der Waals surface area contributed by atoms with E-state index in [1.54, 1.807) is 18.1 Å². The van der Waals surface area contributed by atoms with Crippen LogP contribution in [0.25, 0.3) is 10.8 Å². The van der Waals surface area contributed by atoms with Gasteiger partial charge in [0.05, 0.1) is 0 Å². The first-order valence-corrected chi connectivity index (χ1v) is 7.58. The molecule has 0 aliphatic heterocycles. The van der Waals surface area contributed by atoms with E-state index in [2.05, 4.69) is 9.97 Å². The molecule has 2 aromatic heterocycles. The molecule has 5 nitrogen and oxygen atoms in total. The molecule has 0 saturated heterocycles. The van der Waals surface area contributed by atoms with Crippen molar-refractivity contribution in [3.63, 3.8) is 0 Å². The highest BCUT2D eigenvalue weighted by molar-refractivity contribution is 5.93. The standard InChI is InChI=1S/C18H19N3O2/c1-12(2)17-16(20-11-23-17)18(22)21(3)10-14-6-4-5-13-9-19-8-7-15(13)14/h4-9,11-12H,10H2,1-3H3. The van der Waals surface area contributed by atoms with Gasteiger partial charge in [0.2, 0.25) is 0 Å². The quantitative estimate of drug-likeness (QED) is 0.738. The van der Waals surface area contributed by atoms with Gasteiger partial charge in [-0.3, -0.25) is 9.78 Å². The average molecular weight is 309 g/mol. The molecule has 2 heterocycles. The minimum Gasteiger partial charge on any atom is -0.447 e. The lowest BCUT2D eigenvalue weighted by molar-refractivity contribution is 0.0777. The van der Waals surface area contributed by atoms with E-state index in [1.807, 2.05) is 44.3 Å². The van der Waals surface area contributed by atoms with Crippen LogP contribution in [0, 0.1) is 0 Å². The van der Waals surface area contributed by atoms with Crippen LogP contribution in [-0.4, -0.2) is 27.8 Å². The molecule has 3 aromatic rings. The zero-order valence-electron chi connectivity index (χ0n) is 13.5. The predicted molar refractivity (Wildman–Crippen MR) is 88.1 cm³/mol. The van der Waals surface area contributed by atoms with Crippen molar-refractivity contribution in [1.82, 2.24) is 14.9 Å². The summed E-state index contributed by atoms with van der Waals surface area (Å²) in [7, 11) is 1.78. The number of nitrogens with zero attached hydrogens (tertiary/aromatic N) is 3. The molecule has 0 aliphatic rings. The maximum Gasteiger partial charge on any atom is 0.276 e. The minimum absolute atomic E-state index is 0.119. The van der Waals surface area contributed by atoms with Crippen LogP contribution in [0.2, 0.25) is 0 Å². The van der Waals surface area contributed by atoms with Gasteiger partial charge in [-0.15, -0.1) is 0 Å². The van der Waals surface area contributed by atoms with Crippen LogP contribution in [0.5, 0.6) is 0 Å². The van der Waals surface area contributed by atoms with E-state index in [4.69, 9.17) is 4.42 Å². The number of aromatic nitrogens is 2. The number of amides is 1. The lowest BCUT2D eigenvalue weighted by atomic mass is 10.1. The van der Waals surface area contributed by atoms with Gasteiger partial charge in [-0.05, 0) is 17.0 Å². The van der Waals surface area contributed by atoms with E-state index in [0.29, 0.717) is 18.0 Å². The van der Waals surface area contributed by atoms with Crippen LogP contribution < -0.4 is 0 Å². The van der Waals surface area contributed by atoms with Crippen LogP contribution in [0.15, 0.2) is 47.5 Å². The normalized spacial score (nSPS) is 11.1. The zero-order valence-corrected chi connectivity index (χ0v) is 13.5. The highest BCUT2D eigenvalue weighted by Crippen LogP contribution is 2.22. The lowest BCUT2D eigenvalue weighted by Crippen LogP contribution is -2.27. The first-order valence-electron chi connectivity index (χ1n) is 7.58. The Morgan fingerprint density at radius 1 is 1.30 bits per heavy atom. The maximum absolute atomic E-state index is 12.7. The lowest BCUT2D eigenvalue weighted by Gasteiger charge is -2.18. The highest BCUT2D eigenvalue weighted by atomic mass is 16.3. The molecule has 0 fully saturated rings. The van der Waals surface area contributed by atoms with Crippen molar-refractivity contribution in [2.75, 3.05) is 7.05 Å². The Hall–Kier alpha value is -2.69. The van der Waals surface area contributed by atoms with Gasteiger partial charge in [0.25, 0.3) is 5.91 Å². The first-order chi connectivity index (χ1) is 11.1. The first kappa shape index (κ1) is 15.2. The molecule has 1 aromatic carbocycles. The Bertz CT molecular complexity index is 834. The van der Waals surface area contributed by atoms with Crippen molar-refractivity contribution < 1.29 is 9.21 Å². The van der Waals surface area contributed by atoms with Gasteiger partial charge in [0, 0.05) is 37.3 Å². The zero-order chi connectivity index (χ0) is 16.4. The van der Waals surface area contributed by atoms with E-state index >= 15 is 0 Å². The van der Waals surface area contributed by atoms with Gasteiger partial charge < -0.3 is 9.32 Å². The molecule has 0 radical (unpaired) electrons. The second kappa shape index (κ2) is 6.20. The molecular weight excluding hydrogens is 290 g/mol. The SMILES string of the molecule is CC(C)c1ocnc1C(=O)N(C)Cc1cccc2cnccc12. The van der Waals surface area contributed by atoms with E-state index < -0.39 is 0 Å². The second-order valence-electron chi connectivity index (χ2n) is 5.90. The number of hydrogen-bond donors (Lipinski definition) is 0. The molecule has 0 bridgehead atoms. The van der Waals surface area contributed by atoms with Crippen molar-refractivity contribution in [1.29, 1.82) is 0 Å². The fraction of sp³-hybridized carbons (Fsp3) is 0.278. The van der Waals surface area contributed by atoms with Crippen molar-refractivity contribution in [3.8, 4) is 0 Å². The molecule has 0 atom stereocenters. The molecule has 23 heavy (non-hydrogen) atoms. The Labute approximate surface area is 135 Å². The number of benzene rings is 1. The summed E-state index contributed by atoms with van der Waals surface area (Å²) in [5, 5.41) is 2.17. The second-order valence-corrected chi connectivity index (χ2v) is 5.90. The van der Waals surface area contributed by atoms with E-state index in [1.165, 1.54) is 6.39 Å². The van der Waals surface area contributed by atoms with E-state index in [-0.39, 0.29) is 11.8 Å². The molecule has 5 heteroatoms. The summed E-state index contributed by atoms with van der Waals surface area (Å²) in [4.78, 5) is 22.6. The smallest absolute Gasteiger partial charge is 0.276 e. The van der Waals surface area contributed by atoms with Crippen molar-refractivity contribution >= 4 is 16.7 Å². The monoisotopic (exact) mass is 309 g/mol. The maximum atomic E-state index is 12.7. The third kappa shape index (κ3) is 2.95. The fourth-order valence-corrected chi connectivity index (χ4v) is 2.66. The fourth-order valence-electron chi connectivity index (χ4n) is 2.66. The minimum atomic E-state index is -0.131. The van der Waals surface area contributed by atoms with Gasteiger partial charge >= 0.3 is 0 Å². The molecule has 0 saturated carbocycles. The summed E-state index contributed by atoms with van der Waals surface area (Å²) >= 11 is 0. The summed E-state index contributed by atoms with van der Waals surface area (Å²) in [6.07, 6.45) is 4.93. The van der Waals surface area contributed by atoms with E-state index in [0.717, 1.165) is 16.3 Å². The Kier molecular flexibility index (Phi) is 4.10. The predicted octanol–water partition coefficient (Wildman–Crippen LogP) is 3.62. The van der Waals surface area contributed by atoms with Crippen LogP contribution in [0.4, 0.5) is 0 Å². The molecule has 1 amide bonds. The van der Waals surface area contributed by atoms with Crippen molar-refractivity contribution in [2.24, 2.45) is 0 Å². The van der Waals surface area contributed by atoms with Crippen LogP contribution >= 0.6 is 0 Å². The molecule has 3 rings (SSSR count). The van der Waals surface area contributed by atoms with Crippen LogP contribution in [-0.2, 0) is 6.54 Å². The highest BCUT2D eigenvalue weighted by Gasteiger charge is 2.22. The Balaban J connectivity index is 1.87. The summed E-state index contributed by atoms with van der Waals surface area (Å²) in [6, 6.07) is 7.99. The topological polar surface area (TPSA) is 59.2 Å². The van der Waals surface area contributed by atoms with Crippen molar-refractivity contribution in [3.05, 3.63) is 60.1 Å². The van der Waals surface area contributed by atoms with E-state index in [9.17, 15) is 4.79 Å². The molecule has 0 spiro atoms. The third-order valence-corrected chi connectivity index (χ3v) is 3.85. The van der Waals surface area contributed by atoms with Gasteiger partial charge in [-0.1, -0.05) is 32.0 Å². The number of rotatable bonds is 4. The average Bonchev–Trinajstić information content (AvgIpc) is 3.04. The van der Waals surface area contributed by atoms with Crippen LogP contribution in [0.3, 0.4) is 0 Å². The number of oxazole rings is 1. The number of pyridine rings is 1. The molecule has 118 valence electrons. The van der Waals surface area contributed by atoms with Gasteiger partial charge in [-0.25, -0.2) is 4.98 Å². The molecule has 0 N–H and O–H groups in total. The Morgan fingerprint density at radius 2 is 2.13 bits per heavy atom. The summed E-state index contributed by atoms with van der Waals surface area (Å²) in [5.74, 6) is 0.617. The summed E-state index contributed by atoms with van der Waals surface area (Å²) < 4.78 is 5.35. The van der Waals surface area contributed by atoms with Gasteiger partial charge in [0.15, 0.2) is 12.1 Å². The van der Waals surface area contributed by atoms with Gasteiger partial charge in [-0.2, -0.15) is 0 Å². The third-order valence-electron chi connectivity index (χ3n) is 3.85. The largest absolute Gasteiger partial charge is 0.447 e. The summed E-state index contributed by atoms with van der Waals surface area (Å²) in [5.41, 5.74) is 1.47. The number of carbonyl (C=O) groups is 1. The van der Waals surface area contributed by atoms with Crippen LogP contribution in [0.1, 0.15) is 41.6 Å². The Morgan fingerprint density at radius 3 is 2.91 bits per heavy atom. The van der Waals surface area contributed by atoms with Crippen molar-refractivity contribution in [2.45, 2.75) is 26.3 Å².